The van der Waals surface area contributed by atoms with E-state index in [1.165, 1.54) is 6.08 Å². The van der Waals surface area contributed by atoms with Gasteiger partial charge >= 0.3 is 0 Å². The minimum Gasteiger partial charge on any atom is -0.340 e. The third-order valence-corrected chi connectivity index (χ3v) is 4.40. The van der Waals surface area contributed by atoms with E-state index in [-0.39, 0.29) is 11.7 Å². The summed E-state index contributed by atoms with van der Waals surface area (Å²) in [5, 5.41) is 3.30. The number of hydrogen-bond donors (Lipinski definition) is 1. The fourth-order valence-corrected chi connectivity index (χ4v) is 3.08. The number of fused-ring (bicyclic) bond motifs is 2. The minimum atomic E-state index is -0.377. The fraction of sp³-hybridized carbons (Fsp3) is 0.158. The zero-order valence-corrected chi connectivity index (χ0v) is 14.1. The number of allylic oxidation sites excluding steroid dienone is 3. The number of benzene rings is 1. The van der Waals surface area contributed by atoms with E-state index in [1.54, 1.807) is 23.5 Å². The van der Waals surface area contributed by atoms with Crippen molar-refractivity contribution in [3.05, 3.63) is 72.4 Å². The van der Waals surface area contributed by atoms with Gasteiger partial charge in [0.15, 0.2) is 11.7 Å². The van der Waals surface area contributed by atoms with Gasteiger partial charge in [0, 0.05) is 30.2 Å². The number of nitrogens with zero attached hydrogens (tertiary/aromatic N) is 4. The second-order valence-corrected chi connectivity index (χ2v) is 5.97. The van der Waals surface area contributed by atoms with Crippen LogP contribution in [-0.4, -0.2) is 20.3 Å². The molecule has 1 aromatic heterocycles. The lowest BCUT2D eigenvalue weighted by Gasteiger charge is -2.31. The maximum absolute atomic E-state index is 14.2. The van der Waals surface area contributed by atoms with Gasteiger partial charge in [0.2, 0.25) is 0 Å². The summed E-state index contributed by atoms with van der Waals surface area (Å²) in [6.45, 7) is 6.15. The van der Waals surface area contributed by atoms with Gasteiger partial charge in [-0.3, -0.25) is 4.90 Å². The first-order valence-electron chi connectivity index (χ1n) is 8.11. The van der Waals surface area contributed by atoms with E-state index in [0.29, 0.717) is 5.82 Å². The maximum atomic E-state index is 14.2. The summed E-state index contributed by atoms with van der Waals surface area (Å²) < 4.78 is 16.1. The summed E-state index contributed by atoms with van der Waals surface area (Å²) in [5.41, 5.74) is 4.47. The van der Waals surface area contributed by atoms with Crippen LogP contribution in [0.4, 0.5) is 10.1 Å². The Bertz CT molecular complexity index is 1010. The van der Waals surface area contributed by atoms with Crippen LogP contribution in [0.15, 0.2) is 77.4 Å². The van der Waals surface area contributed by atoms with Crippen molar-refractivity contribution in [1.82, 2.24) is 14.5 Å². The highest BCUT2D eigenvalue weighted by Crippen LogP contribution is 2.32. The molecule has 6 heteroatoms. The van der Waals surface area contributed by atoms with E-state index in [0.717, 1.165) is 34.4 Å². The van der Waals surface area contributed by atoms with Crippen molar-refractivity contribution in [2.24, 2.45) is 12.0 Å². The number of aryl methyl sites for hydroxylation is 1. The van der Waals surface area contributed by atoms with E-state index >= 15 is 0 Å². The van der Waals surface area contributed by atoms with Crippen molar-refractivity contribution in [2.75, 3.05) is 5.32 Å². The standard InChI is InChI=1S/C19H18FN5/c1-4-14-12(2)25-9-5-6-15(20)19(25)23-18(14)22-13-7-8-17-16(10-13)21-11-24(17)3/h5-11,22H,2,4H2,1,3H3. The van der Waals surface area contributed by atoms with Crippen LogP contribution in [0.1, 0.15) is 13.3 Å². The monoisotopic (exact) mass is 335 g/mol. The van der Waals surface area contributed by atoms with E-state index < -0.39 is 0 Å². The average molecular weight is 335 g/mol. The average Bonchev–Trinajstić information content (AvgIpc) is 2.97. The van der Waals surface area contributed by atoms with Crippen molar-refractivity contribution in [3.8, 4) is 0 Å². The maximum Gasteiger partial charge on any atom is 0.175 e. The summed E-state index contributed by atoms with van der Waals surface area (Å²) in [5.74, 6) is 0.497. The summed E-state index contributed by atoms with van der Waals surface area (Å²) >= 11 is 0. The second-order valence-electron chi connectivity index (χ2n) is 5.97. The molecule has 0 saturated heterocycles. The number of halogens is 1. The van der Waals surface area contributed by atoms with Gasteiger partial charge in [0.05, 0.1) is 17.4 Å². The van der Waals surface area contributed by atoms with E-state index in [1.807, 2.05) is 36.7 Å². The molecular weight excluding hydrogens is 317 g/mol. The molecule has 0 bridgehead atoms. The molecule has 126 valence electrons. The van der Waals surface area contributed by atoms with Gasteiger partial charge in [-0.25, -0.2) is 14.4 Å². The number of imidazole rings is 1. The first-order valence-corrected chi connectivity index (χ1v) is 8.11. The summed E-state index contributed by atoms with van der Waals surface area (Å²) in [6.07, 6.45) is 7.34. The van der Waals surface area contributed by atoms with Gasteiger partial charge in [-0.1, -0.05) is 13.5 Å². The van der Waals surface area contributed by atoms with Gasteiger partial charge in [-0.2, -0.15) is 0 Å². The number of hydrogen-bond acceptors (Lipinski definition) is 4. The highest BCUT2D eigenvalue weighted by atomic mass is 19.1. The van der Waals surface area contributed by atoms with Crippen LogP contribution < -0.4 is 5.32 Å². The predicted octanol–water partition coefficient (Wildman–Crippen LogP) is 4.22. The van der Waals surface area contributed by atoms with Gasteiger partial charge in [0.25, 0.3) is 0 Å². The normalized spacial score (nSPS) is 16.9. The highest BCUT2D eigenvalue weighted by Gasteiger charge is 2.27. The highest BCUT2D eigenvalue weighted by molar-refractivity contribution is 6.01. The van der Waals surface area contributed by atoms with Crippen molar-refractivity contribution in [3.63, 3.8) is 0 Å². The molecule has 0 spiro atoms. The summed E-state index contributed by atoms with van der Waals surface area (Å²) in [6, 6.07) is 5.92. The molecule has 0 amide bonds. The molecule has 25 heavy (non-hydrogen) atoms. The molecule has 5 nitrogen and oxygen atoms in total. The topological polar surface area (TPSA) is 45.5 Å². The lowest BCUT2D eigenvalue weighted by molar-refractivity contribution is 0.600. The van der Waals surface area contributed by atoms with Crippen LogP contribution in [0.5, 0.6) is 0 Å². The Labute approximate surface area is 145 Å². The summed E-state index contributed by atoms with van der Waals surface area (Å²) in [4.78, 5) is 10.6. The molecule has 2 aliphatic heterocycles. The molecule has 1 aromatic carbocycles. The Morgan fingerprint density at radius 2 is 2.16 bits per heavy atom. The second kappa shape index (κ2) is 5.73. The van der Waals surface area contributed by atoms with Crippen LogP contribution in [0.3, 0.4) is 0 Å². The number of nitrogens with one attached hydrogen (secondary N) is 1. The predicted molar refractivity (Wildman–Crippen MR) is 98.4 cm³/mol. The minimum absolute atomic E-state index is 0.256. The van der Waals surface area contributed by atoms with Crippen molar-refractivity contribution < 1.29 is 4.39 Å². The zero-order chi connectivity index (χ0) is 17.6. The number of anilines is 1. The van der Waals surface area contributed by atoms with Crippen LogP contribution in [0.25, 0.3) is 11.0 Å². The molecule has 0 saturated carbocycles. The largest absolute Gasteiger partial charge is 0.340 e. The van der Waals surface area contributed by atoms with Crippen LogP contribution >= 0.6 is 0 Å². The van der Waals surface area contributed by atoms with Crippen molar-refractivity contribution in [1.29, 1.82) is 0 Å². The smallest absolute Gasteiger partial charge is 0.175 e. The lowest BCUT2D eigenvalue weighted by atomic mass is 10.1. The molecule has 1 N–H and O–H groups in total. The van der Waals surface area contributed by atoms with E-state index in [9.17, 15) is 4.39 Å². The number of aromatic nitrogens is 2. The molecule has 0 aliphatic carbocycles. The van der Waals surface area contributed by atoms with Gasteiger partial charge in [0.1, 0.15) is 5.82 Å². The molecule has 0 fully saturated rings. The first-order chi connectivity index (χ1) is 12.1. The Balaban J connectivity index is 1.75. The zero-order valence-electron chi connectivity index (χ0n) is 14.1. The number of amidine groups is 1. The quantitative estimate of drug-likeness (QED) is 0.914. The van der Waals surface area contributed by atoms with Crippen LogP contribution in [0, 0.1) is 0 Å². The van der Waals surface area contributed by atoms with E-state index in [4.69, 9.17) is 0 Å². The third kappa shape index (κ3) is 2.46. The Hall–Kier alpha value is -3.15. The number of aliphatic imine (C=N–C) groups is 1. The van der Waals surface area contributed by atoms with Gasteiger partial charge in [-0.15, -0.1) is 0 Å². The van der Waals surface area contributed by atoms with Crippen molar-refractivity contribution in [2.45, 2.75) is 13.3 Å². The SMILES string of the molecule is C=C1C(CC)=C(Nc2ccc3c(c2)ncn3C)N=C2C(F)=CC=CN12. The van der Waals surface area contributed by atoms with Gasteiger partial charge in [-0.05, 0) is 36.8 Å². The van der Waals surface area contributed by atoms with Gasteiger partial charge < -0.3 is 9.88 Å². The molecule has 0 unspecified atom stereocenters. The Morgan fingerprint density at radius 1 is 1.32 bits per heavy atom. The van der Waals surface area contributed by atoms with Crippen molar-refractivity contribution >= 4 is 22.6 Å². The molecule has 2 aromatic rings. The fourth-order valence-electron chi connectivity index (χ4n) is 3.08. The lowest BCUT2D eigenvalue weighted by Crippen LogP contribution is -2.32. The van der Waals surface area contributed by atoms with Crippen LogP contribution in [0.2, 0.25) is 0 Å². The molecular formula is C19H18FN5. The van der Waals surface area contributed by atoms with E-state index in [2.05, 4.69) is 21.9 Å². The molecule has 3 heterocycles. The molecule has 0 atom stereocenters. The first kappa shape index (κ1) is 15.4. The summed E-state index contributed by atoms with van der Waals surface area (Å²) in [7, 11) is 1.96. The number of rotatable bonds is 3. The molecule has 2 aliphatic rings. The third-order valence-electron chi connectivity index (χ3n) is 4.40. The Kier molecular flexibility index (Phi) is 3.53. The molecule has 4 rings (SSSR count). The van der Waals surface area contributed by atoms with Crippen LogP contribution in [-0.2, 0) is 7.05 Å². The Morgan fingerprint density at radius 3 is 2.96 bits per heavy atom. The molecule has 0 radical (unpaired) electrons.